The molecule has 1 aliphatic rings. The van der Waals surface area contributed by atoms with E-state index in [4.69, 9.17) is 4.74 Å². The van der Waals surface area contributed by atoms with Gasteiger partial charge >= 0.3 is 6.18 Å². The molecule has 1 fully saturated rings. The van der Waals surface area contributed by atoms with Gasteiger partial charge < -0.3 is 14.2 Å². The van der Waals surface area contributed by atoms with Gasteiger partial charge in [0.05, 0.1) is 12.2 Å². The third-order valence-electron chi connectivity index (χ3n) is 4.52. The second kappa shape index (κ2) is 6.74. The van der Waals surface area contributed by atoms with Gasteiger partial charge in [-0.15, -0.1) is 0 Å². The van der Waals surface area contributed by atoms with Crippen LogP contribution >= 0.6 is 0 Å². The molecule has 0 unspecified atom stereocenters. The van der Waals surface area contributed by atoms with E-state index in [0.29, 0.717) is 18.8 Å². The average molecular weight is 376 g/mol. The molecule has 0 radical (unpaired) electrons. The molecular weight excluding hydrogens is 360 g/mol. The van der Waals surface area contributed by atoms with Crippen molar-refractivity contribution in [2.75, 3.05) is 18.1 Å². The van der Waals surface area contributed by atoms with E-state index in [9.17, 15) is 17.6 Å². The molecule has 1 aromatic heterocycles. The molecule has 1 saturated heterocycles. The number of rotatable bonds is 3. The molecule has 0 saturated carbocycles. The molecular formula is C20H16F4N2O. The van der Waals surface area contributed by atoms with Crippen LogP contribution in [0.5, 0.6) is 0 Å². The molecule has 2 aromatic carbocycles. The third kappa shape index (κ3) is 3.55. The quantitative estimate of drug-likeness (QED) is 0.587. The first-order chi connectivity index (χ1) is 12.9. The Morgan fingerprint density at radius 2 is 1.74 bits per heavy atom. The van der Waals surface area contributed by atoms with Gasteiger partial charge in [0.1, 0.15) is 5.82 Å². The molecule has 0 spiro atoms. The van der Waals surface area contributed by atoms with E-state index in [1.165, 1.54) is 18.2 Å². The molecule has 0 aliphatic carbocycles. The van der Waals surface area contributed by atoms with Crippen LogP contribution in [0.2, 0.25) is 0 Å². The van der Waals surface area contributed by atoms with Crippen molar-refractivity contribution in [1.29, 1.82) is 0 Å². The molecule has 1 atom stereocenters. The Kier molecular flexibility index (Phi) is 4.39. The number of benzene rings is 2. The van der Waals surface area contributed by atoms with Gasteiger partial charge in [0, 0.05) is 35.9 Å². The molecule has 1 aliphatic heterocycles. The maximum Gasteiger partial charge on any atom is 0.416 e. The van der Waals surface area contributed by atoms with E-state index < -0.39 is 11.7 Å². The number of halogens is 4. The number of hydrogen-bond acceptors (Lipinski definition) is 2. The Balaban J connectivity index is 1.61. The van der Waals surface area contributed by atoms with Crippen molar-refractivity contribution in [3.8, 4) is 5.69 Å². The average Bonchev–Trinajstić information content (AvgIpc) is 3.31. The molecule has 7 heteroatoms. The first kappa shape index (κ1) is 17.6. The van der Waals surface area contributed by atoms with Crippen LogP contribution in [-0.2, 0) is 10.9 Å². The van der Waals surface area contributed by atoms with Crippen LogP contribution in [0.25, 0.3) is 5.69 Å². The van der Waals surface area contributed by atoms with E-state index >= 15 is 0 Å². The van der Waals surface area contributed by atoms with Gasteiger partial charge in [0.25, 0.3) is 0 Å². The van der Waals surface area contributed by atoms with Gasteiger partial charge in [-0.1, -0.05) is 6.07 Å². The fraction of sp³-hybridized carbons (Fsp3) is 0.200. The predicted molar refractivity (Wildman–Crippen MR) is 93.2 cm³/mol. The summed E-state index contributed by atoms with van der Waals surface area (Å²) in [6.07, 6.45) is -1.31. The van der Waals surface area contributed by atoms with Crippen LogP contribution in [0.4, 0.5) is 23.2 Å². The largest absolute Gasteiger partial charge is 0.416 e. The summed E-state index contributed by atoms with van der Waals surface area (Å²) in [7, 11) is 0. The number of anilines is 1. The predicted octanol–water partition coefficient (Wildman–Crippen LogP) is 5.17. The van der Waals surface area contributed by atoms with Crippen LogP contribution in [-0.4, -0.2) is 17.7 Å². The molecule has 3 nitrogen and oxygen atoms in total. The van der Waals surface area contributed by atoms with E-state index in [0.717, 1.165) is 23.4 Å². The molecule has 4 rings (SSSR count). The topological polar surface area (TPSA) is 17.4 Å². The summed E-state index contributed by atoms with van der Waals surface area (Å²) >= 11 is 0. The Bertz CT molecular complexity index is 934. The lowest BCUT2D eigenvalue weighted by molar-refractivity contribution is -0.137. The third-order valence-corrected chi connectivity index (χ3v) is 4.52. The highest BCUT2D eigenvalue weighted by atomic mass is 19.4. The van der Waals surface area contributed by atoms with Crippen molar-refractivity contribution in [2.24, 2.45) is 0 Å². The highest BCUT2D eigenvalue weighted by Crippen LogP contribution is 2.34. The van der Waals surface area contributed by atoms with Crippen LogP contribution in [0.3, 0.4) is 0 Å². The minimum atomic E-state index is -4.39. The Morgan fingerprint density at radius 1 is 0.963 bits per heavy atom. The SMILES string of the molecule is Fc1ccc(N2CCO[C@@H]2c2ccn(-c3cccc(C(F)(F)F)c3)c2)cc1. The number of alkyl halides is 3. The highest BCUT2D eigenvalue weighted by molar-refractivity contribution is 5.49. The Hall–Kier alpha value is -2.80. The van der Waals surface area contributed by atoms with Crippen LogP contribution in [0.1, 0.15) is 17.4 Å². The smallest absolute Gasteiger partial charge is 0.352 e. The van der Waals surface area contributed by atoms with Gasteiger partial charge in [-0.25, -0.2) is 4.39 Å². The molecule has 27 heavy (non-hydrogen) atoms. The zero-order valence-corrected chi connectivity index (χ0v) is 14.2. The second-order valence-corrected chi connectivity index (χ2v) is 6.29. The van der Waals surface area contributed by atoms with Gasteiger partial charge in [-0.05, 0) is 48.5 Å². The lowest BCUT2D eigenvalue weighted by Crippen LogP contribution is -2.22. The molecule has 3 aromatic rings. The standard InChI is InChI=1S/C20H16F4N2O/c21-16-4-6-17(7-5-16)26-10-11-27-19(26)14-8-9-25(13-14)18-3-1-2-15(12-18)20(22,23)24/h1-9,12-13,19H,10-11H2/t19-/m1/s1. The maximum absolute atomic E-state index is 13.2. The Morgan fingerprint density at radius 3 is 2.48 bits per heavy atom. The van der Waals surface area contributed by atoms with E-state index in [1.54, 1.807) is 35.2 Å². The van der Waals surface area contributed by atoms with Crippen molar-refractivity contribution in [3.05, 3.63) is 83.9 Å². The summed E-state index contributed by atoms with van der Waals surface area (Å²) < 4.78 is 59.4. The lowest BCUT2D eigenvalue weighted by atomic mass is 10.2. The van der Waals surface area contributed by atoms with Crippen molar-refractivity contribution >= 4 is 5.69 Å². The van der Waals surface area contributed by atoms with Crippen LogP contribution < -0.4 is 4.90 Å². The summed E-state index contributed by atoms with van der Waals surface area (Å²) in [5.41, 5.74) is 1.36. The van der Waals surface area contributed by atoms with Gasteiger partial charge in [-0.2, -0.15) is 13.2 Å². The Labute approximate surface area is 153 Å². The summed E-state index contributed by atoms with van der Waals surface area (Å²) in [5.74, 6) is -0.314. The summed E-state index contributed by atoms with van der Waals surface area (Å²) in [5, 5.41) is 0. The summed E-state index contributed by atoms with van der Waals surface area (Å²) in [4.78, 5) is 1.99. The van der Waals surface area contributed by atoms with Crippen molar-refractivity contribution in [1.82, 2.24) is 4.57 Å². The zero-order valence-electron chi connectivity index (χ0n) is 14.2. The zero-order chi connectivity index (χ0) is 19.0. The van der Waals surface area contributed by atoms with Gasteiger partial charge in [-0.3, -0.25) is 0 Å². The number of aromatic nitrogens is 1. The van der Waals surface area contributed by atoms with Crippen LogP contribution in [0, 0.1) is 5.82 Å². The summed E-state index contributed by atoms with van der Waals surface area (Å²) in [6.45, 7) is 1.15. The van der Waals surface area contributed by atoms with Crippen molar-refractivity contribution in [2.45, 2.75) is 12.4 Å². The lowest BCUT2D eigenvalue weighted by Gasteiger charge is -2.24. The molecule has 140 valence electrons. The van der Waals surface area contributed by atoms with Gasteiger partial charge in [0.2, 0.25) is 0 Å². The van der Waals surface area contributed by atoms with Crippen molar-refractivity contribution < 1.29 is 22.3 Å². The van der Waals surface area contributed by atoms with Crippen molar-refractivity contribution in [3.63, 3.8) is 0 Å². The molecule has 0 amide bonds. The fourth-order valence-electron chi connectivity index (χ4n) is 3.21. The first-order valence-electron chi connectivity index (χ1n) is 8.41. The second-order valence-electron chi connectivity index (χ2n) is 6.29. The number of ether oxygens (including phenoxy) is 1. The summed E-state index contributed by atoms with van der Waals surface area (Å²) in [6, 6.07) is 13.1. The van der Waals surface area contributed by atoms with E-state index in [-0.39, 0.29) is 12.0 Å². The highest BCUT2D eigenvalue weighted by Gasteiger charge is 2.31. The van der Waals surface area contributed by atoms with Gasteiger partial charge in [0.15, 0.2) is 6.23 Å². The molecule has 2 heterocycles. The van der Waals surface area contributed by atoms with E-state index in [1.807, 2.05) is 11.0 Å². The van der Waals surface area contributed by atoms with Crippen LogP contribution in [0.15, 0.2) is 67.0 Å². The molecule has 0 N–H and O–H groups in total. The monoisotopic (exact) mass is 376 g/mol. The minimum absolute atomic E-state index is 0.314. The number of hydrogen-bond donors (Lipinski definition) is 0. The molecule has 0 bridgehead atoms. The fourth-order valence-corrected chi connectivity index (χ4v) is 3.21. The first-order valence-corrected chi connectivity index (χ1v) is 8.41. The maximum atomic E-state index is 13.2. The minimum Gasteiger partial charge on any atom is -0.352 e. The van der Waals surface area contributed by atoms with E-state index in [2.05, 4.69) is 0 Å². The number of nitrogens with zero attached hydrogens (tertiary/aromatic N) is 2. The normalized spacial score (nSPS) is 17.5.